The van der Waals surface area contributed by atoms with E-state index in [1.807, 2.05) is 0 Å². The zero-order valence-electron chi connectivity index (χ0n) is 12.5. The molecule has 0 saturated carbocycles. The summed E-state index contributed by atoms with van der Waals surface area (Å²) in [6.07, 6.45) is 0. The van der Waals surface area contributed by atoms with E-state index in [0.717, 1.165) is 0 Å². The summed E-state index contributed by atoms with van der Waals surface area (Å²) in [6.45, 7) is 0. The van der Waals surface area contributed by atoms with Gasteiger partial charge in [0.05, 0.1) is 0 Å². The van der Waals surface area contributed by atoms with Crippen LogP contribution in [-0.2, 0) is 17.1 Å². The minimum Gasteiger partial charge on any atom is -1.00 e. The zero-order chi connectivity index (χ0) is 10.7. The first-order valence-electron chi connectivity index (χ1n) is 1.70. The van der Waals surface area contributed by atoms with Gasteiger partial charge in [-0.1, -0.05) is 0 Å². The predicted octanol–water partition coefficient (Wildman–Crippen LogP) is -12.2. The molecule has 0 aliphatic carbocycles. The fraction of sp³-hybridized carbons (Fsp3) is 0. The van der Waals surface area contributed by atoms with Crippen LogP contribution in [0.2, 0.25) is 0 Å². The standard InChI is InChI=1S/Fe.Li.3HNO3.10H2O.H/c;;3*2-1(3)4;;;;;;;;;;;/h;;3*(H,2,3,4);10*1H2;/q;+1;;;;;;;;;;;;;;-1. The molecular weight excluding hydrogens is 409 g/mol. The van der Waals surface area contributed by atoms with Crippen LogP contribution >= 0.6 is 0 Å². The molecule has 0 saturated heterocycles. The summed E-state index contributed by atoms with van der Waals surface area (Å²) in [5, 5.41) is 40.9. The molecule has 22 nitrogen and oxygen atoms in total. The summed E-state index contributed by atoms with van der Waals surface area (Å²) in [7, 11) is 0. The van der Waals surface area contributed by atoms with E-state index in [0.29, 0.717) is 0 Å². The van der Waals surface area contributed by atoms with Gasteiger partial charge in [0.1, 0.15) is 0 Å². The zero-order valence-corrected chi connectivity index (χ0v) is 12.6. The van der Waals surface area contributed by atoms with Gasteiger partial charge in [-0.15, -0.1) is 30.3 Å². The van der Waals surface area contributed by atoms with Crippen LogP contribution in [0.15, 0.2) is 0 Å². The molecule has 0 aromatic heterocycles. The van der Waals surface area contributed by atoms with E-state index in [1.165, 1.54) is 0 Å². The molecule has 0 aliphatic rings. The van der Waals surface area contributed by atoms with Crippen LogP contribution in [-0.4, -0.2) is 85.6 Å². The Bertz CT molecular complexity index is 128. The smallest absolute Gasteiger partial charge is 1.00 e. The molecule has 24 heteroatoms. The largest absolute Gasteiger partial charge is 1.00 e. The van der Waals surface area contributed by atoms with Crippen molar-refractivity contribution < 1.29 is 123 Å². The summed E-state index contributed by atoms with van der Waals surface area (Å²) >= 11 is 0. The second-order valence-electron chi connectivity index (χ2n) is 0.714. The quantitative estimate of drug-likeness (QED) is 0.185. The second-order valence-corrected chi connectivity index (χ2v) is 0.714. The van der Waals surface area contributed by atoms with Crippen LogP contribution in [0.25, 0.3) is 0 Å². The first kappa shape index (κ1) is 189. The van der Waals surface area contributed by atoms with E-state index in [4.69, 9.17) is 46.0 Å². The second kappa shape index (κ2) is 164. The third kappa shape index (κ3) is 2680. The maximum absolute atomic E-state index is 8.36. The van der Waals surface area contributed by atoms with Crippen LogP contribution in [0.1, 0.15) is 1.43 Å². The molecule has 0 heterocycles. The van der Waals surface area contributed by atoms with Gasteiger partial charge in [-0.25, -0.2) is 0 Å². The van der Waals surface area contributed by atoms with E-state index in [1.54, 1.807) is 0 Å². The van der Waals surface area contributed by atoms with Crippen molar-refractivity contribution in [3.8, 4) is 0 Å². The predicted molar refractivity (Wildman–Crippen MR) is 63.6 cm³/mol. The fourth-order valence-corrected chi connectivity index (χ4v) is 0. The van der Waals surface area contributed by atoms with E-state index in [9.17, 15) is 0 Å². The fourth-order valence-electron chi connectivity index (χ4n) is 0. The molecule has 24 heavy (non-hydrogen) atoms. The average Bonchev–Trinajstić information content (AvgIpc) is 1.54. The SMILES string of the molecule is O.O.O.O.O.O.O.O.O.O.O=[N+]([O-])O.O=[N+]([O-])O.O=[N+]([O-])O.[Fe].[H-].[Li+]. The third-order valence-electron chi connectivity index (χ3n) is 0. The number of rotatable bonds is 0. The van der Waals surface area contributed by atoms with Gasteiger partial charge in [-0.05, 0) is 0 Å². The van der Waals surface area contributed by atoms with Crippen molar-refractivity contribution in [1.29, 1.82) is 0 Å². The molecule has 0 spiro atoms. The number of nitrogens with zero attached hydrogens (tertiary/aromatic N) is 3. The molecule has 0 aliphatic heterocycles. The summed E-state index contributed by atoms with van der Waals surface area (Å²) in [5.74, 6) is 0. The number of hydrogen-bond acceptors (Lipinski definition) is 6. The Hall–Kier alpha value is -1.68. The van der Waals surface area contributed by atoms with E-state index >= 15 is 0 Å². The van der Waals surface area contributed by atoms with Gasteiger partial charge in [0, 0.05) is 17.1 Å². The molecule has 0 amide bonds. The maximum atomic E-state index is 8.36. The molecule has 162 valence electrons. The minimum atomic E-state index is -1.50. The summed E-state index contributed by atoms with van der Waals surface area (Å²) in [4.78, 5) is 25.1. The topological polar surface area (TPSA) is 505 Å². The van der Waals surface area contributed by atoms with Gasteiger partial charge in [0.25, 0.3) is 15.3 Å². The maximum Gasteiger partial charge on any atom is 1.00 e. The van der Waals surface area contributed by atoms with Crippen molar-refractivity contribution in [2.75, 3.05) is 0 Å². The molecule has 0 aromatic rings. The molecule has 0 radical (unpaired) electrons. The first-order chi connectivity index (χ1) is 5.20. The Balaban J connectivity index is -0.00000000276. The molecule has 0 rings (SSSR count). The van der Waals surface area contributed by atoms with Crippen LogP contribution in [0.3, 0.4) is 0 Å². The minimum absolute atomic E-state index is 0. The molecule has 0 aromatic carbocycles. The molecule has 23 N–H and O–H groups in total. The van der Waals surface area contributed by atoms with Gasteiger partial charge in [-0.2, -0.15) is 0 Å². The van der Waals surface area contributed by atoms with Crippen molar-refractivity contribution in [3.05, 3.63) is 30.3 Å². The summed E-state index contributed by atoms with van der Waals surface area (Å²) < 4.78 is 0. The Kier molecular flexibility index (Phi) is 1300. The molecule has 0 fully saturated rings. The Morgan fingerprint density at radius 1 is 0.500 bits per heavy atom. The summed E-state index contributed by atoms with van der Waals surface area (Å²) in [6, 6.07) is 0. The van der Waals surface area contributed by atoms with Gasteiger partial charge in [-0.3, -0.25) is 0 Å². The van der Waals surface area contributed by atoms with Gasteiger partial charge in [0.15, 0.2) is 0 Å². The van der Waals surface area contributed by atoms with Crippen LogP contribution < -0.4 is 18.9 Å². The van der Waals surface area contributed by atoms with Gasteiger partial charge in [0.2, 0.25) is 0 Å². The monoisotopic (exact) mass is 433 g/mol. The van der Waals surface area contributed by atoms with E-state index in [-0.39, 0.29) is 92.1 Å². The molecular formula is H24FeLiN3O19. The van der Waals surface area contributed by atoms with Crippen molar-refractivity contribution >= 4 is 0 Å². The Morgan fingerprint density at radius 3 is 0.500 bits per heavy atom. The average molecular weight is 433 g/mol. The van der Waals surface area contributed by atoms with Crippen LogP contribution in [0, 0.1) is 30.3 Å². The Morgan fingerprint density at radius 2 is 0.500 bits per heavy atom. The molecule has 0 bridgehead atoms. The first-order valence-corrected chi connectivity index (χ1v) is 1.70. The molecule has 0 unspecified atom stereocenters. The van der Waals surface area contributed by atoms with Crippen molar-refractivity contribution in [2.24, 2.45) is 0 Å². The van der Waals surface area contributed by atoms with Crippen molar-refractivity contribution in [1.82, 2.24) is 0 Å². The van der Waals surface area contributed by atoms with Gasteiger partial charge < -0.3 is 71.8 Å². The molecule has 0 atom stereocenters. The van der Waals surface area contributed by atoms with E-state index in [2.05, 4.69) is 0 Å². The third-order valence-corrected chi connectivity index (χ3v) is 0. The Labute approximate surface area is 154 Å². The van der Waals surface area contributed by atoms with Crippen molar-refractivity contribution in [2.45, 2.75) is 0 Å². The number of hydrogen-bond donors (Lipinski definition) is 3. The van der Waals surface area contributed by atoms with Crippen LogP contribution in [0.4, 0.5) is 0 Å². The van der Waals surface area contributed by atoms with Crippen LogP contribution in [0.5, 0.6) is 0 Å². The van der Waals surface area contributed by atoms with Gasteiger partial charge >= 0.3 is 18.9 Å². The normalized spacial score (nSPS) is 3.00. The van der Waals surface area contributed by atoms with E-state index < -0.39 is 15.3 Å². The van der Waals surface area contributed by atoms with Crippen molar-refractivity contribution in [3.63, 3.8) is 0 Å². The summed E-state index contributed by atoms with van der Waals surface area (Å²) in [5.41, 5.74) is 0.